The standard InChI is InChI=1S/C30H27ClN4O3/c31-24-6-4-9-29(21-24)37-19-5-17-34(22-23-15-18-35-26(20-23)14-16-32-35)30(36)33-25-10-12-28(13-11-25)38-27-7-2-1-3-8-27/h1-4,6-16,18,20-21H,5,17,19,22H2,(H,33,36). The number of nitrogens with zero attached hydrogens (tertiary/aromatic N) is 3. The van der Waals surface area contributed by atoms with Gasteiger partial charge >= 0.3 is 6.03 Å². The number of carbonyl (C=O) groups is 1. The molecule has 38 heavy (non-hydrogen) atoms. The minimum Gasteiger partial charge on any atom is -0.493 e. The summed E-state index contributed by atoms with van der Waals surface area (Å²) in [6.45, 7) is 1.41. The molecule has 0 fully saturated rings. The summed E-state index contributed by atoms with van der Waals surface area (Å²) in [5.41, 5.74) is 2.67. The number of hydrogen-bond acceptors (Lipinski definition) is 4. The van der Waals surface area contributed by atoms with Gasteiger partial charge in [-0.05, 0) is 84.8 Å². The predicted molar refractivity (Wildman–Crippen MR) is 149 cm³/mol. The molecule has 5 rings (SSSR count). The third kappa shape index (κ3) is 6.83. The summed E-state index contributed by atoms with van der Waals surface area (Å²) in [6, 6.07) is 29.9. The van der Waals surface area contributed by atoms with Crippen LogP contribution in [0.3, 0.4) is 0 Å². The number of amides is 2. The Morgan fingerprint density at radius 2 is 1.68 bits per heavy atom. The molecule has 2 heterocycles. The molecule has 0 saturated heterocycles. The Morgan fingerprint density at radius 1 is 0.895 bits per heavy atom. The van der Waals surface area contributed by atoms with Gasteiger partial charge in [0.15, 0.2) is 0 Å². The molecule has 0 aliphatic heterocycles. The van der Waals surface area contributed by atoms with Crippen LogP contribution in [0.2, 0.25) is 5.02 Å². The zero-order valence-corrected chi connectivity index (χ0v) is 21.4. The largest absolute Gasteiger partial charge is 0.493 e. The van der Waals surface area contributed by atoms with Crippen LogP contribution >= 0.6 is 11.6 Å². The van der Waals surface area contributed by atoms with Crippen molar-refractivity contribution in [3.05, 3.63) is 120 Å². The maximum Gasteiger partial charge on any atom is 0.322 e. The summed E-state index contributed by atoms with van der Waals surface area (Å²) < 4.78 is 13.5. The molecule has 0 saturated carbocycles. The van der Waals surface area contributed by atoms with E-state index in [1.807, 2.05) is 91.1 Å². The van der Waals surface area contributed by atoms with Crippen LogP contribution in [0.5, 0.6) is 17.2 Å². The average molecular weight is 527 g/mol. The predicted octanol–water partition coefficient (Wildman–Crippen LogP) is 7.28. The number of nitrogens with one attached hydrogen (secondary N) is 1. The molecule has 8 heteroatoms. The highest BCUT2D eigenvalue weighted by Gasteiger charge is 2.15. The van der Waals surface area contributed by atoms with Crippen molar-refractivity contribution in [2.75, 3.05) is 18.5 Å². The van der Waals surface area contributed by atoms with Crippen molar-refractivity contribution < 1.29 is 14.3 Å². The van der Waals surface area contributed by atoms with Crippen molar-refractivity contribution in [2.45, 2.75) is 13.0 Å². The Bertz CT molecular complexity index is 1490. The van der Waals surface area contributed by atoms with Gasteiger partial charge in [-0.15, -0.1) is 0 Å². The van der Waals surface area contributed by atoms with E-state index in [9.17, 15) is 4.79 Å². The molecule has 2 amide bonds. The van der Waals surface area contributed by atoms with Crippen molar-refractivity contribution >= 4 is 28.8 Å². The van der Waals surface area contributed by atoms with E-state index >= 15 is 0 Å². The Balaban J connectivity index is 1.23. The van der Waals surface area contributed by atoms with Crippen LogP contribution in [-0.2, 0) is 6.54 Å². The number of para-hydroxylation sites is 1. The van der Waals surface area contributed by atoms with Crippen LogP contribution in [0, 0.1) is 0 Å². The zero-order chi connectivity index (χ0) is 26.2. The van der Waals surface area contributed by atoms with Crippen molar-refractivity contribution in [2.24, 2.45) is 0 Å². The van der Waals surface area contributed by atoms with Gasteiger partial charge in [0.25, 0.3) is 0 Å². The Morgan fingerprint density at radius 3 is 2.50 bits per heavy atom. The minimum absolute atomic E-state index is 0.196. The fourth-order valence-electron chi connectivity index (χ4n) is 3.97. The Hall–Kier alpha value is -4.49. The van der Waals surface area contributed by atoms with Gasteiger partial charge in [-0.2, -0.15) is 5.10 Å². The third-order valence-corrected chi connectivity index (χ3v) is 6.08. The van der Waals surface area contributed by atoms with Crippen LogP contribution in [0.4, 0.5) is 10.5 Å². The molecule has 1 N–H and O–H groups in total. The molecule has 5 aromatic rings. The maximum absolute atomic E-state index is 13.3. The number of pyridine rings is 1. The Kier molecular flexibility index (Phi) is 8.06. The van der Waals surface area contributed by atoms with Crippen molar-refractivity contribution in [3.8, 4) is 17.2 Å². The lowest BCUT2D eigenvalue weighted by molar-refractivity contribution is 0.201. The number of urea groups is 1. The summed E-state index contributed by atoms with van der Waals surface area (Å²) in [4.78, 5) is 15.1. The summed E-state index contributed by atoms with van der Waals surface area (Å²) in [7, 11) is 0. The minimum atomic E-state index is -0.196. The lowest BCUT2D eigenvalue weighted by Gasteiger charge is -2.23. The van der Waals surface area contributed by atoms with Gasteiger partial charge < -0.3 is 19.7 Å². The van der Waals surface area contributed by atoms with E-state index in [0.717, 1.165) is 16.8 Å². The summed E-state index contributed by atoms with van der Waals surface area (Å²) in [5.74, 6) is 2.15. The molecule has 0 unspecified atom stereocenters. The second-order valence-corrected chi connectivity index (χ2v) is 9.12. The summed E-state index contributed by atoms with van der Waals surface area (Å²) >= 11 is 6.05. The van der Waals surface area contributed by atoms with E-state index in [2.05, 4.69) is 10.4 Å². The van der Waals surface area contributed by atoms with Gasteiger partial charge in [0.2, 0.25) is 0 Å². The Labute approximate surface area is 226 Å². The van der Waals surface area contributed by atoms with Crippen LogP contribution in [-0.4, -0.2) is 33.7 Å². The van der Waals surface area contributed by atoms with E-state index < -0.39 is 0 Å². The van der Waals surface area contributed by atoms with Gasteiger partial charge in [-0.3, -0.25) is 0 Å². The summed E-state index contributed by atoms with van der Waals surface area (Å²) in [5, 5.41) is 7.88. The highest BCUT2D eigenvalue weighted by atomic mass is 35.5. The highest BCUT2D eigenvalue weighted by molar-refractivity contribution is 6.30. The molecule has 0 spiro atoms. The molecule has 7 nitrogen and oxygen atoms in total. The molecule has 192 valence electrons. The number of halogens is 1. The second-order valence-electron chi connectivity index (χ2n) is 8.69. The van der Waals surface area contributed by atoms with E-state index in [-0.39, 0.29) is 6.03 Å². The number of hydrogen-bond donors (Lipinski definition) is 1. The first kappa shape index (κ1) is 25.2. The van der Waals surface area contributed by atoms with Gasteiger partial charge in [0.1, 0.15) is 17.2 Å². The fraction of sp³-hybridized carbons (Fsp3) is 0.133. The molecule has 0 bridgehead atoms. The van der Waals surface area contributed by atoms with Crippen molar-refractivity contribution in [1.29, 1.82) is 0 Å². The number of carbonyl (C=O) groups excluding carboxylic acids is 1. The first-order chi connectivity index (χ1) is 18.6. The first-order valence-electron chi connectivity index (χ1n) is 12.3. The molecule has 2 aromatic heterocycles. The lowest BCUT2D eigenvalue weighted by Crippen LogP contribution is -2.35. The van der Waals surface area contributed by atoms with E-state index in [1.165, 1.54) is 0 Å². The van der Waals surface area contributed by atoms with Gasteiger partial charge in [-0.25, -0.2) is 9.31 Å². The monoisotopic (exact) mass is 526 g/mol. The van der Waals surface area contributed by atoms with Gasteiger partial charge in [-0.1, -0.05) is 35.9 Å². The quantitative estimate of drug-likeness (QED) is 0.194. The smallest absolute Gasteiger partial charge is 0.322 e. The SMILES string of the molecule is O=C(Nc1ccc(Oc2ccccc2)cc1)N(CCCOc1cccc(Cl)c1)Cc1ccn2nccc2c1. The number of benzene rings is 3. The lowest BCUT2D eigenvalue weighted by atomic mass is 10.2. The fourth-order valence-corrected chi connectivity index (χ4v) is 4.15. The summed E-state index contributed by atoms with van der Waals surface area (Å²) in [6.07, 6.45) is 4.30. The topological polar surface area (TPSA) is 68.1 Å². The van der Waals surface area contributed by atoms with Gasteiger partial charge in [0.05, 0.1) is 12.1 Å². The number of aromatic nitrogens is 2. The van der Waals surface area contributed by atoms with Gasteiger partial charge in [0, 0.05) is 36.2 Å². The number of rotatable bonds is 10. The van der Waals surface area contributed by atoms with Crippen molar-refractivity contribution in [3.63, 3.8) is 0 Å². The average Bonchev–Trinajstić information content (AvgIpc) is 3.40. The van der Waals surface area contributed by atoms with Crippen LogP contribution < -0.4 is 14.8 Å². The number of ether oxygens (including phenoxy) is 2. The number of fused-ring (bicyclic) bond motifs is 1. The van der Waals surface area contributed by atoms with Crippen molar-refractivity contribution in [1.82, 2.24) is 14.5 Å². The van der Waals surface area contributed by atoms with Crippen LogP contribution in [0.1, 0.15) is 12.0 Å². The zero-order valence-electron chi connectivity index (χ0n) is 20.7. The molecular weight excluding hydrogens is 500 g/mol. The maximum atomic E-state index is 13.3. The van der Waals surface area contributed by atoms with Crippen LogP contribution in [0.15, 0.2) is 109 Å². The second kappa shape index (κ2) is 12.2. The molecule has 0 atom stereocenters. The molecule has 0 aliphatic rings. The van der Waals surface area contributed by atoms with E-state index in [0.29, 0.717) is 48.3 Å². The molecule has 0 radical (unpaired) electrons. The molecule has 3 aromatic carbocycles. The highest BCUT2D eigenvalue weighted by Crippen LogP contribution is 2.23. The normalized spacial score (nSPS) is 10.8. The number of anilines is 1. The van der Waals surface area contributed by atoms with Crippen LogP contribution in [0.25, 0.3) is 5.52 Å². The first-order valence-corrected chi connectivity index (χ1v) is 12.7. The molecular formula is C30H27ClN4O3. The third-order valence-electron chi connectivity index (χ3n) is 5.85. The van der Waals surface area contributed by atoms with E-state index in [4.69, 9.17) is 21.1 Å². The molecule has 0 aliphatic carbocycles. The van der Waals surface area contributed by atoms with E-state index in [1.54, 1.807) is 27.7 Å².